The highest BCUT2D eigenvalue weighted by molar-refractivity contribution is 7.87. The lowest BCUT2D eigenvalue weighted by atomic mass is 9.89. The molecule has 3 aliphatic rings. The van der Waals surface area contributed by atoms with E-state index in [2.05, 4.69) is 27.1 Å². The van der Waals surface area contributed by atoms with Gasteiger partial charge < -0.3 is 21.1 Å². The van der Waals surface area contributed by atoms with Crippen molar-refractivity contribution in [1.82, 2.24) is 28.5 Å². The van der Waals surface area contributed by atoms with Gasteiger partial charge in [-0.2, -0.15) is 17.7 Å². The van der Waals surface area contributed by atoms with E-state index in [1.807, 2.05) is 60.0 Å². The summed E-state index contributed by atoms with van der Waals surface area (Å²) in [6.45, 7) is 7.52. The number of primary amides is 1. The fourth-order valence-electron chi connectivity index (χ4n) is 7.90. The molecule has 4 heterocycles. The normalized spacial score (nSPS) is 22.6. The number of rotatable bonds is 15. The Bertz CT molecular complexity index is 2340. The summed E-state index contributed by atoms with van der Waals surface area (Å²) >= 11 is 1.58. The van der Waals surface area contributed by atoms with Gasteiger partial charge in [-0.25, -0.2) is 14.6 Å². The molecule has 1 saturated carbocycles. The lowest BCUT2D eigenvalue weighted by molar-refractivity contribution is -0.306. The molecule has 1 saturated heterocycles. The number of nitrogens with zero attached hydrogens (tertiary/aromatic N) is 5. The molecule has 16 nitrogen and oxygen atoms in total. The van der Waals surface area contributed by atoms with Crippen LogP contribution in [0.4, 0.5) is 0 Å². The third kappa shape index (κ3) is 10.8. The largest absolute Gasteiger partial charge is 0.459 e. The summed E-state index contributed by atoms with van der Waals surface area (Å²) in [5.41, 5.74) is 16.7. The van der Waals surface area contributed by atoms with Gasteiger partial charge in [0.05, 0.1) is 29.4 Å². The number of hydrogen-bond acceptors (Lipinski definition) is 12. The molecule has 0 radical (unpaired) electrons. The van der Waals surface area contributed by atoms with Crippen molar-refractivity contribution in [3.8, 4) is 16.6 Å². The van der Waals surface area contributed by atoms with Crippen LogP contribution in [0.25, 0.3) is 21.6 Å². The van der Waals surface area contributed by atoms with E-state index in [4.69, 9.17) is 31.4 Å². The van der Waals surface area contributed by atoms with E-state index in [1.54, 1.807) is 32.1 Å². The number of carbonyl (C=O) groups is 3. The van der Waals surface area contributed by atoms with Crippen LogP contribution in [-0.2, 0) is 35.9 Å². The number of amides is 3. The zero-order valence-corrected chi connectivity index (χ0v) is 37.2. The van der Waals surface area contributed by atoms with E-state index < -0.39 is 45.8 Å². The number of thiazole rings is 1. The molecule has 3 amide bonds. The summed E-state index contributed by atoms with van der Waals surface area (Å²) in [7, 11) is -1.05. The van der Waals surface area contributed by atoms with Crippen LogP contribution in [0.15, 0.2) is 66.1 Å². The van der Waals surface area contributed by atoms with Crippen molar-refractivity contribution in [3.05, 3.63) is 77.3 Å². The molecule has 61 heavy (non-hydrogen) atoms. The van der Waals surface area contributed by atoms with Gasteiger partial charge in [0.15, 0.2) is 0 Å². The summed E-state index contributed by atoms with van der Waals surface area (Å²) in [6, 6.07) is 14.7. The van der Waals surface area contributed by atoms with E-state index in [1.165, 1.54) is 24.6 Å². The summed E-state index contributed by atoms with van der Waals surface area (Å²) < 4.78 is 35.3. The number of allylic oxidation sites excluding steroid dienone is 2. The molecule has 7 rings (SSSR count). The number of aromatic nitrogens is 3. The van der Waals surface area contributed by atoms with E-state index in [0.717, 1.165) is 63.7 Å². The van der Waals surface area contributed by atoms with Gasteiger partial charge in [0, 0.05) is 53.6 Å². The average Bonchev–Trinajstić information content (AvgIpc) is 3.47. The van der Waals surface area contributed by atoms with Gasteiger partial charge in [-0.05, 0) is 77.0 Å². The number of benzene rings is 2. The van der Waals surface area contributed by atoms with Crippen LogP contribution in [-0.4, -0.2) is 99.6 Å². The highest BCUT2D eigenvalue weighted by Gasteiger charge is 2.54. The van der Waals surface area contributed by atoms with Crippen LogP contribution in [0.1, 0.15) is 87.8 Å². The number of ether oxygens (including phenoxy) is 1. The predicted octanol–water partition coefficient (Wildman–Crippen LogP) is 5.79. The Morgan fingerprint density at radius 1 is 1.11 bits per heavy atom. The number of hydrogen-bond donors (Lipinski definition) is 4. The number of imidazole rings is 1. The number of fused-ring (bicyclic) bond motifs is 4. The Labute approximate surface area is 365 Å². The van der Waals surface area contributed by atoms with Crippen LogP contribution in [0.2, 0.25) is 0 Å². The van der Waals surface area contributed by atoms with Crippen molar-refractivity contribution in [2.75, 3.05) is 20.6 Å². The number of nitrogens with one attached hydrogen (secondary N) is 1. The smallest absolute Gasteiger partial charge is 0.303 e. The molecule has 2 aromatic heterocycles. The zero-order chi connectivity index (χ0) is 44.2. The van der Waals surface area contributed by atoms with Crippen LogP contribution in [0.5, 0.6) is 6.01 Å². The fourth-order valence-corrected chi connectivity index (χ4v) is 9.34. The maximum Gasteiger partial charge on any atom is 0.303 e. The number of likely N-dealkylation sites (tertiary alicyclic amines) is 1. The quantitative estimate of drug-likeness (QED) is 0.0484. The lowest BCUT2D eigenvalue weighted by Gasteiger charge is -2.35. The molecule has 18 heteroatoms. The highest BCUT2D eigenvalue weighted by Crippen LogP contribution is 2.45. The molecule has 2 fully saturated rings. The second kappa shape index (κ2) is 19.1. The van der Waals surface area contributed by atoms with Crippen LogP contribution < -0.4 is 20.9 Å². The van der Waals surface area contributed by atoms with Gasteiger partial charge in [0.25, 0.3) is 6.01 Å². The summed E-state index contributed by atoms with van der Waals surface area (Å²) in [4.78, 5) is 54.3. The second-order valence-electron chi connectivity index (χ2n) is 17.2. The van der Waals surface area contributed by atoms with Crippen molar-refractivity contribution in [2.24, 2.45) is 29.2 Å². The first-order chi connectivity index (χ1) is 28.9. The molecule has 7 atom stereocenters. The monoisotopic (exact) mass is 884 g/mol. The fraction of sp³-hybridized carbons (Fsp3) is 0.512. The van der Waals surface area contributed by atoms with Gasteiger partial charge >= 0.3 is 10.2 Å². The Hall–Kier alpha value is -4.72. The average molecular weight is 885 g/mol. The molecule has 4 aromatic rings. The van der Waals surface area contributed by atoms with Crippen molar-refractivity contribution >= 4 is 50.3 Å². The molecule has 1 aliphatic carbocycles. The van der Waals surface area contributed by atoms with Crippen LogP contribution >= 0.6 is 11.3 Å². The number of carbonyl (C=O) groups excluding carboxylic acids is 3. The predicted molar refractivity (Wildman–Crippen MR) is 240 cm³/mol. The first kappa shape index (κ1) is 45.8. The van der Waals surface area contributed by atoms with Crippen molar-refractivity contribution in [2.45, 2.75) is 102 Å². The van der Waals surface area contributed by atoms with E-state index in [9.17, 15) is 22.8 Å². The second-order valence-corrected chi connectivity index (χ2v) is 19.9. The van der Waals surface area contributed by atoms with Gasteiger partial charge in [-0.15, -0.1) is 11.3 Å². The van der Waals surface area contributed by atoms with Gasteiger partial charge in [-0.3, -0.25) is 24.2 Å². The molecule has 2 aromatic carbocycles. The summed E-state index contributed by atoms with van der Waals surface area (Å²) in [6.07, 6.45) is 8.57. The number of para-hydroxylation sites is 1. The standard InChI is InChI=1S/C39H48N8O6S2.C4H10O2.3H2/c1-23-32-31(53-39-43-33-27(16-12-18-30(33)47(23)39)37-42-26(22-54-37)19-24-13-8-7-9-14-24)21-46(34(32)35(41)48)38(50)29(40)17-11-6-4-5-10-15-25-20-28(25)36(49)44-55(51,52)45(2)3;1-4(2,3)6-5;;;/h7-10,12-16,18,22-23,25,28-29,31-32,34H,4-6,11,17,19-21,40H2,1-3H3,(H2,41,48)(H,44,49);5H,1-3H3;3*1H/b15-10-;;;;/t23?,25-,28+,29+,31+,32?,34+;;;;/m1..../s1. The third-order valence-corrected chi connectivity index (χ3v) is 13.6. The zero-order valence-electron chi connectivity index (χ0n) is 35.6. The topological polar surface area (TPSA) is 225 Å². The van der Waals surface area contributed by atoms with Gasteiger partial charge in [0.1, 0.15) is 22.7 Å². The maximum absolute atomic E-state index is 13.7. The van der Waals surface area contributed by atoms with Crippen molar-refractivity contribution in [1.29, 1.82) is 0 Å². The van der Waals surface area contributed by atoms with Gasteiger partial charge in [0.2, 0.25) is 17.7 Å². The molecule has 6 N–H and O–H groups in total. The molecular formula is C43H64N8O8S2. The molecular weight excluding hydrogens is 821 g/mol. The van der Waals surface area contributed by atoms with Gasteiger partial charge in [-0.1, -0.05) is 61.4 Å². The minimum Gasteiger partial charge on any atom is -0.459 e. The minimum absolute atomic E-state index is 0. The summed E-state index contributed by atoms with van der Waals surface area (Å²) in [5.74, 6) is -2.07. The van der Waals surface area contributed by atoms with Crippen molar-refractivity contribution < 1.29 is 42.0 Å². The minimum atomic E-state index is -3.79. The SMILES string of the molecule is CC(C)(C)OO.CC1C2[C@H](CN(C(=O)[C@@H](N)CCCCC/C=C\[C@@H]3C[C@@H]3C(=O)NS(=O)(=O)N(C)C)[C@@H]2C(N)=O)Oc2nc3c(-c4nc(Cc5ccccc5)cs4)cccc3n21.[HH].[HH].[HH]. The first-order valence-electron chi connectivity index (χ1n) is 20.6. The van der Waals surface area contributed by atoms with Crippen molar-refractivity contribution in [3.63, 3.8) is 0 Å². The Kier molecular flexibility index (Phi) is 14.4. The van der Waals surface area contributed by atoms with E-state index in [-0.39, 0.29) is 40.5 Å². The summed E-state index contributed by atoms with van der Waals surface area (Å²) in [5, 5.41) is 10.8. The van der Waals surface area contributed by atoms with Crippen LogP contribution in [0.3, 0.4) is 0 Å². The van der Waals surface area contributed by atoms with E-state index >= 15 is 0 Å². The Morgan fingerprint density at radius 3 is 2.51 bits per heavy atom. The third-order valence-electron chi connectivity index (χ3n) is 11.2. The number of unbranched alkanes of at least 4 members (excludes halogenated alkanes) is 3. The Morgan fingerprint density at radius 2 is 1.84 bits per heavy atom. The molecule has 2 unspecified atom stereocenters. The molecule has 0 spiro atoms. The molecule has 2 aliphatic heterocycles. The van der Waals surface area contributed by atoms with E-state index in [0.29, 0.717) is 18.9 Å². The lowest BCUT2D eigenvalue weighted by Crippen LogP contribution is -2.52. The molecule has 336 valence electrons. The number of nitrogens with two attached hydrogens (primary N) is 2. The maximum atomic E-state index is 13.7. The van der Waals surface area contributed by atoms with Crippen LogP contribution in [0, 0.1) is 17.8 Å². The molecule has 0 bridgehead atoms. The first-order valence-corrected chi connectivity index (χ1v) is 23.0. The Balaban J connectivity index is 0.00000113. The highest BCUT2D eigenvalue weighted by atomic mass is 32.2.